The number of allylic oxidation sites excluding steroid dienone is 10. The van der Waals surface area contributed by atoms with E-state index < -0.39 is 55.4 Å². The zero-order chi connectivity index (χ0) is 38.1. The van der Waals surface area contributed by atoms with Crippen LogP contribution in [0.1, 0.15) is 136 Å². The van der Waals surface area contributed by atoms with Gasteiger partial charge in [-0.3, -0.25) is 9.59 Å². The van der Waals surface area contributed by atoms with Crippen LogP contribution in [0.2, 0.25) is 0 Å². The van der Waals surface area contributed by atoms with Gasteiger partial charge in [0.2, 0.25) is 0 Å². The van der Waals surface area contributed by atoms with Gasteiger partial charge in [-0.05, 0) is 51.4 Å². The Morgan fingerprint density at radius 2 is 1.13 bits per heavy atom. The van der Waals surface area contributed by atoms with Crippen LogP contribution in [0.3, 0.4) is 0 Å². The van der Waals surface area contributed by atoms with Crippen molar-refractivity contribution in [1.29, 1.82) is 0 Å². The molecule has 10 heteroatoms. The number of carbonyl (C=O) groups is 2. The third kappa shape index (κ3) is 24.6. The summed E-state index contributed by atoms with van der Waals surface area (Å²) in [6.45, 7) is 3.21. The van der Waals surface area contributed by atoms with Crippen LogP contribution in [0.5, 0.6) is 0 Å². The highest BCUT2D eigenvalue weighted by atomic mass is 16.7. The molecular formula is C42H70O10. The molecule has 0 aliphatic carbocycles. The van der Waals surface area contributed by atoms with E-state index in [4.69, 9.17) is 18.9 Å². The number of unbranched alkanes of at least 4 members (excludes halogenated alkanes) is 10. The van der Waals surface area contributed by atoms with Gasteiger partial charge < -0.3 is 39.4 Å². The molecule has 52 heavy (non-hydrogen) atoms. The van der Waals surface area contributed by atoms with Gasteiger partial charge in [-0.15, -0.1) is 0 Å². The minimum Gasteiger partial charge on any atom is -0.462 e. The van der Waals surface area contributed by atoms with E-state index in [0.29, 0.717) is 12.8 Å². The van der Waals surface area contributed by atoms with Crippen LogP contribution in [0.15, 0.2) is 60.8 Å². The predicted octanol–water partition coefficient (Wildman–Crippen LogP) is 7.49. The van der Waals surface area contributed by atoms with Gasteiger partial charge in [0.15, 0.2) is 12.4 Å². The van der Waals surface area contributed by atoms with Crippen molar-refractivity contribution >= 4 is 11.9 Å². The van der Waals surface area contributed by atoms with Crippen molar-refractivity contribution in [2.45, 2.75) is 173 Å². The lowest BCUT2D eigenvalue weighted by Crippen LogP contribution is -2.59. The molecule has 0 aromatic carbocycles. The van der Waals surface area contributed by atoms with E-state index in [1.165, 1.54) is 38.5 Å². The van der Waals surface area contributed by atoms with Crippen molar-refractivity contribution in [2.75, 3.05) is 19.8 Å². The van der Waals surface area contributed by atoms with Crippen LogP contribution < -0.4 is 0 Å². The number of hydrogen-bond donors (Lipinski definition) is 4. The Bertz CT molecular complexity index is 1030. The van der Waals surface area contributed by atoms with Crippen molar-refractivity contribution < 1.29 is 49.0 Å². The van der Waals surface area contributed by atoms with E-state index in [1.54, 1.807) is 0 Å². The van der Waals surface area contributed by atoms with Crippen molar-refractivity contribution in [1.82, 2.24) is 0 Å². The Morgan fingerprint density at radius 3 is 1.69 bits per heavy atom. The number of ether oxygens (including phenoxy) is 4. The largest absolute Gasteiger partial charge is 0.462 e. The highest BCUT2D eigenvalue weighted by Crippen LogP contribution is 2.22. The summed E-state index contributed by atoms with van der Waals surface area (Å²) in [7, 11) is 0. The maximum absolute atomic E-state index is 12.7. The molecule has 1 aliphatic rings. The van der Waals surface area contributed by atoms with Gasteiger partial charge in [0.1, 0.15) is 31.0 Å². The summed E-state index contributed by atoms with van der Waals surface area (Å²) < 4.78 is 22.0. The molecule has 0 saturated carbocycles. The second kappa shape index (κ2) is 33.0. The molecule has 298 valence electrons. The number of carbonyl (C=O) groups excluding carboxylic acids is 2. The molecule has 4 N–H and O–H groups in total. The Balaban J connectivity index is 2.42. The molecule has 0 aromatic heterocycles. The minimum absolute atomic E-state index is 0.196. The molecule has 10 nitrogen and oxygen atoms in total. The number of hydrogen-bond acceptors (Lipinski definition) is 10. The molecule has 1 heterocycles. The average Bonchev–Trinajstić information content (AvgIpc) is 3.14. The van der Waals surface area contributed by atoms with Crippen LogP contribution in [0.25, 0.3) is 0 Å². The first-order chi connectivity index (χ1) is 25.3. The lowest BCUT2D eigenvalue weighted by atomic mass is 9.99. The molecule has 2 unspecified atom stereocenters. The molecular weight excluding hydrogens is 664 g/mol. The first-order valence-electron chi connectivity index (χ1n) is 19.9. The van der Waals surface area contributed by atoms with E-state index in [0.717, 1.165) is 57.8 Å². The standard InChI is InChI=1S/C42H70O10/c1-3-5-7-9-11-13-15-16-17-18-19-20-21-23-24-26-28-30-37(44)49-33-35(34-50-42-41(48)40(47)39(46)36(32-43)52-42)51-38(45)31-29-27-25-22-14-12-10-8-6-4-2/h5,7,11,13,16-17,19-20,23-24,35-36,39-43,46-48H,3-4,6,8-10,12,14-15,18,21-22,25-34H2,1-2H3/b7-5+,13-11+,17-16+,20-19+,24-23+/t35-,36-,39+,40?,41?,42-/m0/s1. The van der Waals surface area contributed by atoms with E-state index in [2.05, 4.69) is 68.5 Å². The van der Waals surface area contributed by atoms with Crippen molar-refractivity contribution in [3.8, 4) is 0 Å². The highest BCUT2D eigenvalue weighted by molar-refractivity contribution is 5.70. The molecule has 0 bridgehead atoms. The SMILES string of the molecule is CC/C=C/C/C=C/C/C=C/C/C=C/C/C=C/CCCC(=O)OC[C@@H](CO[C@H]1O[C@@H](CO)[C@@H](O)C(O)C1O)OC(=O)CCCCCCCCCCCC. The maximum Gasteiger partial charge on any atom is 0.306 e. The molecule has 0 amide bonds. The summed E-state index contributed by atoms with van der Waals surface area (Å²) in [5.74, 6) is -0.882. The number of aliphatic hydroxyl groups excluding tert-OH is 4. The zero-order valence-corrected chi connectivity index (χ0v) is 32.0. The highest BCUT2D eigenvalue weighted by Gasteiger charge is 2.44. The summed E-state index contributed by atoms with van der Waals surface area (Å²) in [5, 5.41) is 39.9. The van der Waals surface area contributed by atoms with E-state index in [-0.39, 0.29) is 26.1 Å². The molecule has 6 atom stereocenters. The van der Waals surface area contributed by atoms with Crippen molar-refractivity contribution in [3.05, 3.63) is 60.8 Å². The average molecular weight is 735 g/mol. The Hall–Kier alpha value is -2.60. The summed E-state index contributed by atoms with van der Waals surface area (Å²) in [4.78, 5) is 25.1. The third-order valence-corrected chi connectivity index (χ3v) is 8.67. The van der Waals surface area contributed by atoms with E-state index in [1.807, 2.05) is 6.08 Å². The molecule has 1 rings (SSSR count). The Kier molecular flexibility index (Phi) is 30.1. The quantitative estimate of drug-likeness (QED) is 0.0320. The first kappa shape index (κ1) is 47.4. The zero-order valence-electron chi connectivity index (χ0n) is 32.0. The fourth-order valence-corrected chi connectivity index (χ4v) is 5.52. The summed E-state index contributed by atoms with van der Waals surface area (Å²) >= 11 is 0. The molecule has 1 fully saturated rings. The van der Waals surface area contributed by atoms with Crippen molar-refractivity contribution in [2.24, 2.45) is 0 Å². The van der Waals surface area contributed by atoms with Crippen LogP contribution in [0, 0.1) is 0 Å². The fourth-order valence-electron chi connectivity index (χ4n) is 5.52. The van der Waals surface area contributed by atoms with E-state index in [9.17, 15) is 30.0 Å². The smallest absolute Gasteiger partial charge is 0.306 e. The van der Waals surface area contributed by atoms with Crippen molar-refractivity contribution in [3.63, 3.8) is 0 Å². The Morgan fingerprint density at radius 1 is 0.615 bits per heavy atom. The number of esters is 2. The van der Waals surface area contributed by atoms with Gasteiger partial charge in [-0.1, -0.05) is 132 Å². The van der Waals surface area contributed by atoms with Gasteiger partial charge in [-0.2, -0.15) is 0 Å². The van der Waals surface area contributed by atoms with Crippen LogP contribution in [-0.4, -0.2) is 89.0 Å². The van der Waals surface area contributed by atoms with Crippen LogP contribution in [-0.2, 0) is 28.5 Å². The number of aliphatic hydroxyl groups is 4. The summed E-state index contributed by atoms with van der Waals surface area (Å²) in [6.07, 6.45) is 31.0. The third-order valence-electron chi connectivity index (χ3n) is 8.67. The van der Waals surface area contributed by atoms with Crippen LogP contribution >= 0.6 is 0 Å². The Labute approximate surface area is 313 Å². The van der Waals surface area contributed by atoms with Gasteiger partial charge in [-0.25, -0.2) is 0 Å². The lowest BCUT2D eigenvalue weighted by Gasteiger charge is -2.39. The van der Waals surface area contributed by atoms with Gasteiger partial charge in [0.05, 0.1) is 13.2 Å². The first-order valence-corrected chi connectivity index (χ1v) is 19.9. The predicted molar refractivity (Wildman–Crippen MR) is 205 cm³/mol. The second-order valence-corrected chi connectivity index (χ2v) is 13.4. The lowest BCUT2D eigenvalue weighted by molar-refractivity contribution is -0.305. The summed E-state index contributed by atoms with van der Waals surface area (Å²) in [5.41, 5.74) is 0. The molecule has 0 aromatic rings. The second-order valence-electron chi connectivity index (χ2n) is 13.4. The monoisotopic (exact) mass is 734 g/mol. The van der Waals surface area contributed by atoms with Gasteiger partial charge in [0.25, 0.3) is 0 Å². The molecule has 0 radical (unpaired) electrons. The van der Waals surface area contributed by atoms with Gasteiger partial charge in [0, 0.05) is 12.8 Å². The maximum atomic E-state index is 12.7. The van der Waals surface area contributed by atoms with Crippen LogP contribution in [0.4, 0.5) is 0 Å². The normalized spacial score (nSPS) is 21.7. The summed E-state index contributed by atoms with van der Waals surface area (Å²) in [6, 6.07) is 0. The van der Waals surface area contributed by atoms with Gasteiger partial charge >= 0.3 is 11.9 Å². The topological polar surface area (TPSA) is 152 Å². The minimum atomic E-state index is -1.60. The molecule has 1 aliphatic heterocycles. The fraction of sp³-hybridized carbons (Fsp3) is 0.714. The molecule has 0 spiro atoms. The number of rotatable bonds is 31. The van der Waals surface area contributed by atoms with E-state index >= 15 is 0 Å². The molecule has 1 saturated heterocycles.